The second-order valence-corrected chi connectivity index (χ2v) is 6.45. The monoisotopic (exact) mass is 377 g/mol. The van der Waals surface area contributed by atoms with Crippen molar-refractivity contribution >= 4 is 30.7 Å². The van der Waals surface area contributed by atoms with Crippen LogP contribution in [0.25, 0.3) is 0 Å². The fourth-order valence-electron chi connectivity index (χ4n) is 2.86. The summed E-state index contributed by atoms with van der Waals surface area (Å²) >= 11 is 0. The number of carbonyl (C=O) groups excluding carboxylic acids is 1. The summed E-state index contributed by atoms with van der Waals surface area (Å²) in [6.07, 6.45) is 0.893. The van der Waals surface area contributed by atoms with E-state index in [4.69, 9.17) is 4.74 Å². The quantitative estimate of drug-likeness (QED) is 0.798. The number of halogens is 2. The van der Waals surface area contributed by atoms with Crippen LogP contribution in [0.5, 0.6) is 5.75 Å². The molecule has 1 aromatic rings. The molecule has 1 amide bonds. The highest BCUT2D eigenvalue weighted by atomic mass is 35.5. The minimum Gasteiger partial charge on any atom is -0.497 e. The lowest BCUT2D eigenvalue weighted by Crippen LogP contribution is -2.43. The standard InChI is InChI=1S/C17H27N3O2.2ClH/c1-17(8-9-18-12-17)16(21)19-11-15(20(2)3)13-6-5-7-14(10-13)22-4;;/h5-7,10,15,18H,8-9,11-12H2,1-4H3,(H,19,21);2*1H. The molecular formula is C17H29Cl2N3O2. The molecule has 24 heavy (non-hydrogen) atoms. The van der Waals surface area contributed by atoms with E-state index in [0.717, 1.165) is 30.8 Å². The third-order valence-corrected chi connectivity index (χ3v) is 4.47. The predicted molar refractivity (Wildman–Crippen MR) is 103 cm³/mol. The molecule has 0 aliphatic carbocycles. The van der Waals surface area contributed by atoms with Gasteiger partial charge in [-0.2, -0.15) is 0 Å². The Morgan fingerprint density at radius 3 is 2.67 bits per heavy atom. The molecule has 2 rings (SSSR count). The lowest BCUT2D eigenvalue weighted by Gasteiger charge is -2.28. The van der Waals surface area contributed by atoms with Crippen LogP contribution in [-0.2, 0) is 4.79 Å². The van der Waals surface area contributed by atoms with Crippen LogP contribution in [0.4, 0.5) is 0 Å². The second kappa shape index (κ2) is 10.1. The summed E-state index contributed by atoms with van der Waals surface area (Å²) in [6.45, 7) is 4.29. The molecule has 2 N–H and O–H groups in total. The van der Waals surface area contributed by atoms with Crippen molar-refractivity contribution in [2.75, 3.05) is 40.8 Å². The number of likely N-dealkylation sites (N-methyl/N-ethyl adjacent to an activating group) is 1. The Bertz CT molecular complexity index is 520. The summed E-state index contributed by atoms with van der Waals surface area (Å²) in [7, 11) is 5.71. The van der Waals surface area contributed by atoms with Crippen molar-refractivity contribution in [2.24, 2.45) is 5.41 Å². The van der Waals surface area contributed by atoms with Crippen molar-refractivity contribution in [1.82, 2.24) is 15.5 Å². The van der Waals surface area contributed by atoms with Crippen LogP contribution in [-0.4, -0.2) is 51.6 Å². The van der Waals surface area contributed by atoms with Crippen LogP contribution in [0, 0.1) is 5.41 Å². The molecule has 1 fully saturated rings. The van der Waals surface area contributed by atoms with Crippen molar-refractivity contribution in [2.45, 2.75) is 19.4 Å². The van der Waals surface area contributed by atoms with Gasteiger partial charge < -0.3 is 20.3 Å². The molecule has 0 radical (unpaired) electrons. The molecule has 1 aliphatic heterocycles. The third-order valence-electron chi connectivity index (χ3n) is 4.47. The number of methoxy groups -OCH3 is 1. The van der Waals surface area contributed by atoms with E-state index >= 15 is 0 Å². The molecule has 7 heteroatoms. The minimum atomic E-state index is -0.286. The number of nitrogens with zero attached hydrogens (tertiary/aromatic N) is 1. The van der Waals surface area contributed by atoms with Crippen molar-refractivity contribution in [3.05, 3.63) is 29.8 Å². The zero-order chi connectivity index (χ0) is 16.2. The smallest absolute Gasteiger partial charge is 0.227 e. The largest absolute Gasteiger partial charge is 0.497 e. The molecule has 0 bridgehead atoms. The fraction of sp³-hybridized carbons (Fsp3) is 0.588. The van der Waals surface area contributed by atoms with E-state index in [2.05, 4.69) is 21.6 Å². The van der Waals surface area contributed by atoms with Gasteiger partial charge in [0.1, 0.15) is 5.75 Å². The van der Waals surface area contributed by atoms with E-state index in [0.29, 0.717) is 6.54 Å². The van der Waals surface area contributed by atoms with Gasteiger partial charge in [-0.15, -0.1) is 24.8 Å². The molecule has 138 valence electrons. The third kappa shape index (κ3) is 5.52. The SMILES string of the molecule is COc1cccc(C(CNC(=O)C2(C)CCNC2)N(C)C)c1.Cl.Cl. The van der Waals surface area contributed by atoms with Crippen molar-refractivity contribution in [1.29, 1.82) is 0 Å². The highest BCUT2D eigenvalue weighted by Gasteiger charge is 2.36. The molecule has 2 unspecified atom stereocenters. The van der Waals surface area contributed by atoms with Gasteiger partial charge in [-0.05, 0) is 51.7 Å². The molecule has 5 nitrogen and oxygen atoms in total. The average molecular weight is 378 g/mol. The molecule has 1 aromatic carbocycles. The molecular weight excluding hydrogens is 349 g/mol. The molecule has 1 heterocycles. The van der Waals surface area contributed by atoms with Gasteiger partial charge in [-0.3, -0.25) is 4.79 Å². The van der Waals surface area contributed by atoms with Crippen molar-refractivity contribution in [3.63, 3.8) is 0 Å². The minimum absolute atomic E-state index is 0. The summed E-state index contributed by atoms with van der Waals surface area (Å²) in [5.41, 5.74) is 0.852. The van der Waals surface area contributed by atoms with Crippen LogP contribution in [0.15, 0.2) is 24.3 Å². The summed E-state index contributed by atoms with van der Waals surface area (Å²) in [5, 5.41) is 6.38. The Morgan fingerprint density at radius 1 is 1.42 bits per heavy atom. The molecule has 2 atom stereocenters. The first-order chi connectivity index (χ1) is 10.5. The second-order valence-electron chi connectivity index (χ2n) is 6.45. The Hall–Kier alpha value is -1.01. The first-order valence-electron chi connectivity index (χ1n) is 7.76. The number of ether oxygens (including phenoxy) is 1. The summed E-state index contributed by atoms with van der Waals surface area (Å²) in [6, 6.07) is 8.12. The molecule has 1 saturated heterocycles. The average Bonchev–Trinajstić information content (AvgIpc) is 2.95. The summed E-state index contributed by atoms with van der Waals surface area (Å²) in [5.74, 6) is 0.967. The Balaban J connectivity index is 0.00000264. The Kier molecular flexibility index (Phi) is 9.66. The fourth-order valence-corrected chi connectivity index (χ4v) is 2.86. The van der Waals surface area contributed by atoms with Crippen LogP contribution < -0.4 is 15.4 Å². The lowest BCUT2D eigenvalue weighted by molar-refractivity contribution is -0.129. The van der Waals surface area contributed by atoms with E-state index in [1.165, 1.54) is 0 Å². The van der Waals surface area contributed by atoms with E-state index < -0.39 is 0 Å². The molecule has 0 spiro atoms. The van der Waals surface area contributed by atoms with Gasteiger partial charge in [-0.25, -0.2) is 0 Å². The number of nitrogens with one attached hydrogen (secondary N) is 2. The molecule has 0 aromatic heterocycles. The topological polar surface area (TPSA) is 53.6 Å². The van der Waals surface area contributed by atoms with Gasteiger partial charge >= 0.3 is 0 Å². The number of hydrogen-bond donors (Lipinski definition) is 2. The van der Waals surface area contributed by atoms with Gasteiger partial charge in [-0.1, -0.05) is 12.1 Å². The highest BCUT2D eigenvalue weighted by Crippen LogP contribution is 2.26. The maximum Gasteiger partial charge on any atom is 0.227 e. The van der Waals surface area contributed by atoms with Gasteiger partial charge in [0, 0.05) is 13.1 Å². The first kappa shape index (κ1) is 23.0. The van der Waals surface area contributed by atoms with Crippen molar-refractivity contribution < 1.29 is 9.53 Å². The number of hydrogen-bond acceptors (Lipinski definition) is 4. The van der Waals surface area contributed by atoms with Gasteiger partial charge in [0.25, 0.3) is 0 Å². The van der Waals surface area contributed by atoms with E-state index in [9.17, 15) is 4.79 Å². The van der Waals surface area contributed by atoms with E-state index in [1.807, 2.05) is 39.2 Å². The summed E-state index contributed by atoms with van der Waals surface area (Å²) < 4.78 is 5.29. The first-order valence-corrected chi connectivity index (χ1v) is 7.76. The molecule has 0 saturated carbocycles. The van der Waals surface area contributed by atoms with Gasteiger partial charge in [0.15, 0.2) is 0 Å². The number of carbonyl (C=O) groups is 1. The van der Waals surface area contributed by atoms with E-state index in [-0.39, 0.29) is 42.2 Å². The van der Waals surface area contributed by atoms with Gasteiger partial charge in [0.05, 0.1) is 18.6 Å². The highest BCUT2D eigenvalue weighted by molar-refractivity contribution is 5.85. The Labute approximate surface area is 157 Å². The van der Waals surface area contributed by atoms with Crippen LogP contribution >= 0.6 is 24.8 Å². The van der Waals surface area contributed by atoms with Crippen LogP contribution in [0.2, 0.25) is 0 Å². The maximum absolute atomic E-state index is 12.5. The zero-order valence-electron chi connectivity index (χ0n) is 14.8. The molecule has 1 aliphatic rings. The van der Waals surface area contributed by atoms with E-state index in [1.54, 1.807) is 7.11 Å². The number of benzene rings is 1. The van der Waals surface area contributed by atoms with Crippen LogP contribution in [0.3, 0.4) is 0 Å². The Morgan fingerprint density at radius 2 is 2.12 bits per heavy atom. The maximum atomic E-state index is 12.5. The summed E-state index contributed by atoms with van der Waals surface area (Å²) in [4.78, 5) is 14.6. The number of rotatable bonds is 6. The van der Waals surface area contributed by atoms with Crippen LogP contribution in [0.1, 0.15) is 24.9 Å². The van der Waals surface area contributed by atoms with Gasteiger partial charge in [0.2, 0.25) is 5.91 Å². The lowest BCUT2D eigenvalue weighted by atomic mass is 9.88. The number of amides is 1. The van der Waals surface area contributed by atoms with Crippen molar-refractivity contribution in [3.8, 4) is 5.75 Å². The zero-order valence-corrected chi connectivity index (χ0v) is 16.4. The normalized spacial score (nSPS) is 20.7. The predicted octanol–water partition coefficient (Wildman–Crippen LogP) is 2.26.